The number of carbonyl (C=O) groups is 1. The molecule has 0 aliphatic heterocycles. The molecule has 66 valence electrons. The minimum atomic E-state index is -0.195. The Morgan fingerprint density at radius 1 is 1.67 bits per heavy atom. The van der Waals surface area contributed by atoms with Crippen LogP contribution in [0.4, 0.5) is 0 Å². The molecule has 2 N–H and O–H groups in total. The molecule has 12 heavy (non-hydrogen) atoms. The quantitative estimate of drug-likeness (QED) is 0.618. The van der Waals surface area contributed by atoms with E-state index in [1.165, 1.54) is 0 Å². The Kier molecular flexibility index (Phi) is 1.53. The summed E-state index contributed by atoms with van der Waals surface area (Å²) in [7, 11) is 0. The maximum Gasteiger partial charge on any atom is 0.224 e. The van der Waals surface area contributed by atoms with E-state index in [1.54, 1.807) is 0 Å². The molecule has 3 atom stereocenters. The molecule has 0 saturated heterocycles. The highest BCUT2D eigenvalue weighted by Gasteiger charge is 2.50. The van der Waals surface area contributed by atoms with Gasteiger partial charge in [-0.25, -0.2) is 0 Å². The van der Waals surface area contributed by atoms with Crippen molar-refractivity contribution in [2.75, 3.05) is 0 Å². The number of hydrogen-bond acceptors (Lipinski definition) is 1. The van der Waals surface area contributed by atoms with Crippen LogP contribution in [0.3, 0.4) is 0 Å². The number of nitrogens with two attached hydrogens (primary N) is 1. The van der Waals surface area contributed by atoms with Gasteiger partial charge in [0.25, 0.3) is 0 Å². The molecule has 0 heterocycles. The summed E-state index contributed by atoms with van der Waals surface area (Å²) in [6.07, 6.45) is 7.45. The lowest BCUT2D eigenvalue weighted by Gasteiger charge is -2.30. The summed E-state index contributed by atoms with van der Waals surface area (Å²) in [5.41, 5.74) is 5.26. The highest BCUT2D eigenvalue weighted by molar-refractivity contribution is 5.82. The Bertz CT molecular complexity index is 246. The first-order valence-corrected chi connectivity index (χ1v) is 4.67. The number of carbonyl (C=O) groups excluding carboxylic acids is 1. The van der Waals surface area contributed by atoms with Crippen molar-refractivity contribution in [1.29, 1.82) is 0 Å². The van der Waals surface area contributed by atoms with Crippen LogP contribution in [-0.2, 0) is 4.79 Å². The molecule has 2 rings (SSSR count). The second-order valence-electron chi connectivity index (χ2n) is 4.07. The molecular weight excluding hydrogens is 150 g/mol. The van der Waals surface area contributed by atoms with E-state index in [2.05, 4.69) is 19.1 Å². The van der Waals surface area contributed by atoms with E-state index < -0.39 is 0 Å². The van der Waals surface area contributed by atoms with Crippen LogP contribution >= 0.6 is 0 Å². The predicted octanol–water partition coefficient (Wildman–Crippen LogP) is 1.46. The molecule has 0 unspecified atom stereocenters. The number of hydrogen-bond donors (Lipinski definition) is 1. The number of rotatable bonds is 2. The van der Waals surface area contributed by atoms with Crippen LogP contribution in [0.2, 0.25) is 0 Å². The molecule has 0 spiro atoms. The number of allylic oxidation sites excluding steroid dienone is 2. The molecule has 1 amide bonds. The predicted molar refractivity (Wildman–Crippen MR) is 47.3 cm³/mol. The zero-order chi connectivity index (χ0) is 8.77. The zero-order valence-electron chi connectivity index (χ0n) is 7.42. The monoisotopic (exact) mass is 165 g/mol. The van der Waals surface area contributed by atoms with Gasteiger partial charge in [0.2, 0.25) is 5.91 Å². The van der Waals surface area contributed by atoms with Gasteiger partial charge in [-0.2, -0.15) is 0 Å². The van der Waals surface area contributed by atoms with E-state index in [1.807, 2.05) is 0 Å². The highest BCUT2D eigenvalue weighted by atomic mass is 16.1. The third-order valence-electron chi connectivity index (χ3n) is 3.63. The van der Waals surface area contributed by atoms with Crippen molar-refractivity contribution in [3.8, 4) is 0 Å². The summed E-state index contributed by atoms with van der Waals surface area (Å²) < 4.78 is 0. The van der Waals surface area contributed by atoms with Gasteiger partial charge < -0.3 is 5.73 Å². The van der Waals surface area contributed by atoms with Gasteiger partial charge in [0.05, 0.1) is 5.41 Å². The summed E-state index contributed by atoms with van der Waals surface area (Å²) in [5, 5.41) is 0. The number of fused-ring (bicyclic) bond motifs is 2. The molecule has 1 saturated carbocycles. The third-order valence-corrected chi connectivity index (χ3v) is 3.63. The Morgan fingerprint density at radius 2 is 2.42 bits per heavy atom. The Hall–Kier alpha value is -0.790. The first-order valence-electron chi connectivity index (χ1n) is 4.67. The van der Waals surface area contributed by atoms with Gasteiger partial charge in [-0.1, -0.05) is 19.1 Å². The molecule has 0 aromatic heterocycles. The molecule has 1 fully saturated rings. The summed E-state index contributed by atoms with van der Waals surface area (Å²) in [6, 6.07) is 0. The topological polar surface area (TPSA) is 43.1 Å². The normalized spacial score (nSPS) is 43.8. The minimum Gasteiger partial charge on any atom is -0.369 e. The van der Waals surface area contributed by atoms with E-state index in [4.69, 9.17) is 5.73 Å². The van der Waals surface area contributed by atoms with E-state index in [0.29, 0.717) is 11.8 Å². The van der Waals surface area contributed by atoms with Gasteiger partial charge in [-0.3, -0.25) is 4.79 Å². The van der Waals surface area contributed by atoms with Gasteiger partial charge in [-0.05, 0) is 31.1 Å². The molecule has 2 nitrogen and oxygen atoms in total. The molecule has 2 aliphatic rings. The summed E-state index contributed by atoms with van der Waals surface area (Å²) in [4.78, 5) is 11.3. The smallest absolute Gasteiger partial charge is 0.224 e. The highest BCUT2D eigenvalue weighted by Crippen LogP contribution is 2.53. The van der Waals surface area contributed by atoms with E-state index in [9.17, 15) is 4.79 Å². The third kappa shape index (κ3) is 0.780. The Morgan fingerprint density at radius 3 is 2.67 bits per heavy atom. The summed E-state index contributed by atoms with van der Waals surface area (Å²) in [6.45, 7) is 2.07. The van der Waals surface area contributed by atoms with Gasteiger partial charge in [0, 0.05) is 0 Å². The first-order chi connectivity index (χ1) is 5.69. The fraction of sp³-hybridized carbons (Fsp3) is 0.700. The summed E-state index contributed by atoms with van der Waals surface area (Å²) in [5.74, 6) is 0.967. The lowest BCUT2D eigenvalue weighted by molar-refractivity contribution is -0.129. The molecule has 0 aromatic rings. The van der Waals surface area contributed by atoms with Crippen LogP contribution in [0.1, 0.15) is 26.2 Å². The van der Waals surface area contributed by atoms with E-state index >= 15 is 0 Å². The lowest BCUT2D eigenvalue weighted by Crippen LogP contribution is -2.39. The average molecular weight is 165 g/mol. The molecule has 2 heteroatoms. The summed E-state index contributed by atoms with van der Waals surface area (Å²) >= 11 is 0. The molecular formula is C10H15NO. The number of primary amides is 1. The fourth-order valence-corrected chi connectivity index (χ4v) is 2.82. The van der Waals surface area contributed by atoms with Crippen molar-refractivity contribution in [2.45, 2.75) is 26.2 Å². The largest absolute Gasteiger partial charge is 0.369 e. The fourth-order valence-electron chi connectivity index (χ4n) is 2.82. The van der Waals surface area contributed by atoms with Crippen LogP contribution in [-0.4, -0.2) is 5.91 Å². The van der Waals surface area contributed by atoms with Crippen LogP contribution in [0, 0.1) is 17.3 Å². The van der Waals surface area contributed by atoms with E-state index in [-0.39, 0.29) is 11.3 Å². The lowest BCUT2D eigenvalue weighted by atomic mass is 9.73. The Balaban J connectivity index is 2.31. The number of amides is 1. The Labute approximate surface area is 72.8 Å². The molecule has 2 aliphatic carbocycles. The second kappa shape index (κ2) is 2.35. The molecule has 0 aromatic carbocycles. The van der Waals surface area contributed by atoms with Gasteiger partial charge in [-0.15, -0.1) is 0 Å². The first kappa shape index (κ1) is 7.84. The van der Waals surface area contributed by atoms with Gasteiger partial charge >= 0.3 is 0 Å². The second-order valence-corrected chi connectivity index (χ2v) is 4.07. The molecule has 0 radical (unpaired) electrons. The van der Waals surface area contributed by atoms with Crippen molar-refractivity contribution in [2.24, 2.45) is 23.0 Å². The van der Waals surface area contributed by atoms with Gasteiger partial charge in [0.1, 0.15) is 0 Å². The maximum absolute atomic E-state index is 11.3. The van der Waals surface area contributed by atoms with Crippen molar-refractivity contribution < 1.29 is 4.79 Å². The zero-order valence-corrected chi connectivity index (χ0v) is 7.42. The van der Waals surface area contributed by atoms with Crippen molar-refractivity contribution in [1.82, 2.24) is 0 Å². The van der Waals surface area contributed by atoms with Crippen molar-refractivity contribution in [3.63, 3.8) is 0 Å². The van der Waals surface area contributed by atoms with Crippen LogP contribution in [0.15, 0.2) is 12.2 Å². The maximum atomic E-state index is 11.3. The van der Waals surface area contributed by atoms with Crippen LogP contribution in [0.5, 0.6) is 0 Å². The van der Waals surface area contributed by atoms with Crippen LogP contribution < -0.4 is 5.73 Å². The molecule has 2 bridgehead atoms. The SMILES string of the molecule is CC[C@]1(C(N)=O)C[C@@H]2C=C[C@H]1C2. The minimum absolute atomic E-state index is 0.0955. The van der Waals surface area contributed by atoms with Crippen molar-refractivity contribution in [3.05, 3.63) is 12.2 Å². The van der Waals surface area contributed by atoms with Crippen molar-refractivity contribution >= 4 is 5.91 Å². The standard InChI is InChI=1S/C10H15NO/c1-2-10(9(11)12)6-7-3-4-8(10)5-7/h3-4,7-8H,2,5-6H2,1H3,(H2,11,12)/t7-,8+,10+/m1/s1. The van der Waals surface area contributed by atoms with E-state index in [0.717, 1.165) is 19.3 Å². The van der Waals surface area contributed by atoms with Crippen LogP contribution in [0.25, 0.3) is 0 Å². The van der Waals surface area contributed by atoms with Gasteiger partial charge in [0.15, 0.2) is 0 Å². The average Bonchev–Trinajstić information content (AvgIpc) is 2.62.